The number of benzene rings is 2. The van der Waals surface area contributed by atoms with E-state index < -0.39 is 0 Å². The highest BCUT2D eigenvalue weighted by atomic mass is 16.5. The Bertz CT molecular complexity index is 799. The van der Waals surface area contributed by atoms with Crippen LogP contribution in [0.5, 0.6) is 17.2 Å². The van der Waals surface area contributed by atoms with E-state index >= 15 is 0 Å². The van der Waals surface area contributed by atoms with Crippen molar-refractivity contribution in [2.75, 3.05) is 28.4 Å². The summed E-state index contributed by atoms with van der Waals surface area (Å²) >= 11 is 0. The van der Waals surface area contributed by atoms with Gasteiger partial charge in [0, 0.05) is 20.1 Å². The first-order valence-electron chi connectivity index (χ1n) is 9.65. The number of nitrogens with zero attached hydrogens (tertiary/aromatic N) is 1. The first-order chi connectivity index (χ1) is 13.8. The van der Waals surface area contributed by atoms with Gasteiger partial charge >= 0.3 is 0 Å². The highest BCUT2D eigenvalue weighted by molar-refractivity contribution is 5.79. The lowest BCUT2D eigenvalue weighted by molar-refractivity contribution is 0.323. The average molecular weight is 400 g/mol. The first-order valence-corrected chi connectivity index (χ1v) is 9.65. The lowest BCUT2D eigenvalue weighted by Gasteiger charge is -2.19. The zero-order valence-corrected chi connectivity index (χ0v) is 18.6. The van der Waals surface area contributed by atoms with Gasteiger partial charge in [-0.1, -0.05) is 45.0 Å². The number of methoxy groups -OCH3 is 3. The minimum Gasteiger partial charge on any atom is -0.493 e. The summed E-state index contributed by atoms with van der Waals surface area (Å²) in [5.41, 5.74) is 3.68. The van der Waals surface area contributed by atoms with Crippen LogP contribution >= 0.6 is 0 Å². The Hall–Kier alpha value is -2.89. The van der Waals surface area contributed by atoms with Gasteiger partial charge in [-0.3, -0.25) is 4.99 Å². The molecule has 0 fully saturated rings. The number of hydrogen-bond acceptors (Lipinski definition) is 4. The lowest BCUT2D eigenvalue weighted by Crippen LogP contribution is -2.36. The fourth-order valence-electron chi connectivity index (χ4n) is 2.95. The molecule has 0 atom stereocenters. The third-order valence-electron chi connectivity index (χ3n) is 4.69. The van der Waals surface area contributed by atoms with E-state index in [1.807, 2.05) is 12.1 Å². The molecule has 0 aliphatic carbocycles. The molecule has 0 aliphatic heterocycles. The van der Waals surface area contributed by atoms with Crippen molar-refractivity contribution in [3.8, 4) is 17.2 Å². The first kappa shape index (κ1) is 22.4. The third kappa shape index (κ3) is 6.04. The Labute approximate surface area is 174 Å². The maximum absolute atomic E-state index is 5.41. The molecule has 0 aliphatic rings. The van der Waals surface area contributed by atoms with E-state index in [1.165, 1.54) is 11.1 Å². The van der Waals surface area contributed by atoms with Gasteiger partial charge in [0.05, 0.1) is 21.3 Å². The van der Waals surface area contributed by atoms with Gasteiger partial charge in [0.15, 0.2) is 17.5 Å². The van der Waals surface area contributed by atoms with Crippen molar-refractivity contribution >= 4 is 5.96 Å². The molecule has 2 aromatic carbocycles. The molecule has 0 spiro atoms. The standard InChI is InChI=1S/C23H33N3O3/c1-23(2,3)18-10-8-16(9-11-18)14-25-22(24-4)26-15-17-12-19(27-5)21(29-7)20(13-17)28-6/h8-13H,14-15H2,1-7H3,(H2,24,25,26). The van der Waals surface area contributed by atoms with Crippen molar-refractivity contribution in [1.29, 1.82) is 0 Å². The largest absolute Gasteiger partial charge is 0.493 e. The molecule has 2 aromatic rings. The summed E-state index contributed by atoms with van der Waals surface area (Å²) in [4.78, 5) is 4.30. The summed E-state index contributed by atoms with van der Waals surface area (Å²) in [6.45, 7) is 7.91. The number of nitrogens with one attached hydrogen (secondary N) is 2. The van der Waals surface area contributed by atoms with Crippen molar-refractivity contribution in [2.45, 2.75) is 39.3 Å². The molecule has 0 aromatic heterocycles. The second kappa shape index (κ2) is 10.0. The van der Waals surface area contributed by atoms with E-state index in [-0.39, 0.29) is 5.41 Å². The molecule has 0 saturated carbocycles. The van der Waals surface area contributed by atoms with E-state index in [0.29, 0.717) is 30.3 Å². The summed E-state index contributed by atoms with van der Waals surface area (Å²) in [6.07, 6.45) is 0. The summed E-state index contributed by atoms with van der Waals surface area (Å²) < 4.78 is 16.2. The van der Waals surface area contributed by atoms with Crippen molar-refractivity contribution in [1.82, 2.24) is 10.6 Å². The van der Waals surface area contributed by atoms with Gasteiger partial charge in [-0.25, -0.2) is 0 Å². The van der Waals surface area contributed by atoms with E-state index in [0.717, 1.165) is 11.5 Å². The maximum Gasteiger partial charge on any atom is 0.203 e. The number of ether oxygens (including phenoxy) is 3. The quantitative estimate of drug-likeness (QED) is 0.547. The predicted octanol–water partition coefficient (Wildman–Crippen LogP) is 3.88. The van der Waals surface area contributed by atoms with Crippen molar-refractivity contribution in [2.24, 2.45) is 4.99 Å². The fourth-order valence-corrected chi connectivity index (χ4v) is 2.95. The fraction of sp³-hybridized carbons (Fsp3) is 0.435. The lowest BCUT2D eigenvalue weighted by atomic mass is 9.87. The summed E-state index contributed by atoms with van der Waals surface area (Å²) in [6, 6.07) is 12.5. The third-order valence-corrected chi connectivity index (χ3v) is 4.69. The zero-order chi connectivity index (χ0) is 21.4. The molecule has 29 heavy (non-hydrogen) atoms. The Morgan fingerprint density at radius 2 is 1.34 bits per heavy atom. The summed E-state index contributed by atoms with van der Waals surface area (Å²) in [7, 11) is 6.57. The van der Waals surface area contributed by atoms with Crippen LogP contribution in [0.3, 0.4) is 0 Å². The van der Waals surface area contributed by atoms with Crippen molar-refractivity contribution in [3.63, 3.8) is 0 Å². The van der Waals surface area contributed by atoms with Crippen LogP contribution in [0.4, 0.5) is 0 Å². The number of guanidine groups is 1. The Morgan fingerprint density at radius 1 is 0.828 bits per heavy atom. The Kier molecular flexibility index (Phi) is 7.76. The molecule has 2 N–H and O–H groups in total. The van der Waals surface area contributed by atoms with E-state index in [2.05, 4.69) is 60.7 Å². The Balaban J connectivity index is 1.99. The normalized spacial score (nSPS) is 11.8. The van der Waals surface area contributed by atoms with E-state index in [4.69, 9.17) is 14.2 Å². The molecule has 0 unspecified atom stereocenters. The maximum atomic E-state index is 5.41. The highest BCUT2D eigenvalue weighted by Crippen LogP contribution is 2.38. The average Bonchev–Trinajstić information content (AvgIpc) is 2.72. The van der Waals surface area contributed by atoms with Crippen LogP contribution in [0, 0.1) is 0 Å². The van der Waals surface area contributed by atoms with Gasteiger partial charge < -0.3 is 24.8 Å². The van der Waals surface area contributed by atoms with E-state index in [9.17, 15) is 0 Å². The topological polar surface area (TPSA) is 64.1 Å². The minimum atomic E-state index is 0.157. The van der Waals surface area contributed by atoms with Gasteiger partial charge in [-0.15, -0.1) is 0 Å². The summed E-state index contributed by atoms with van der Waals surface area (Å²) in [5, 5.41) is 6.66. The molecule has 2 rings (SSSR count). The number of aliphatic imine (C=N–C) groups is 1. The molecule has 0 radical (unpaired) electrons. The van der Waals surface area contributed by atoms with E-state index in [1.54, 1.807) is 28.4 Å². The zero-order valence-electron chi connectivity index (χ0n) is 18.6. The monoisotopic (exact) mass is 399 g/mol. The summed E-state index contributed by atoms with van der Waals surface area (Å²) in [5.74, 6) is 2.56. The molecule has 158 valence electrons. The smallest absolute Gasteiger partial charge is 0.203 e. The molecule has 0 amide bonds. The minimum absolute atomic E-state index is 0.157. The van der Waals surface area contributed by atoms with Gasteiger partial charge in [0.2, 0.25) is 5.75 Å². The van der Waals surface area contributed by atoms with Crippen LogP contribution in [0.2, 0.25) is 0 Å². The van der Waals surface area contributed by atoms with Crippen LogP contribution in [0.1, 0.15) is 37.5 Å². The molecular formula is C23H33N3O3. The molecule has 6 heteroatoms. The molecule has 0 heterocycles. The predicted molar refractivity (Wildman–Crippen MR) is 118 cm³/mol. The molecule has 0 bridgehead atoms. The molecular weight excluding hydrogens is 366 g/mol. The molecule has 0 saturated heterocycles. The second-order valence-electron chi connectivity index (χ2n) is 7.76. The van der Waals surface area contributed by atoms with Crippen molar-refractivity contribution in [3.05, 3.63) is 53.1 Å². The van der Waals surface area contributed by atoms with Crippen LogP contribution < -0.4 is 24.8 Å². The van der Waals surface area contributed by atoms with Gasteiger partial charge in [-0.05, 0) is 34.2 Å². The van der Waals surface area contributed by atoms with Gasteiger partial charge in [0.25, 0.3) is 0 Å². The molecule has 6 nitrogen and oxygen atoms in total. The van der Waals surface area contributed by atoms with Crippen molar-refractivity contribution < 1.29 is 14.2 Å². The van der Waals surface area contributed by atoms with Crippen LogP contribution in [-0.2, 0) is 18.5 Å². The van der Waals surface area contributed by atoms with Crippen LogP contribution in [-0.4, -0.2) is 34.3 Å². The second-order valence-corrected chi connectivity index (χ2v) is 7.76. The Morgan fingerprint density at radius 3 is 1.76 bits per heavy atom. The SMILES string of the molecule is CN=C(NCc1ccc(C(C)(C)C)cc1)NCc1cc(OC)c(OC)c(OC)c1. The number of rotatable bonds is 7. The van der Waals surface area contributed by atoms with Crippen LogP contribution in [0.15, 0.2) is 41.4 Å². The van der Waals surface area contributed by atoms with Gasteiger partial charge in [-0.2, -0.15) is 0 Å². The van der Waals surface area contributed by atoms with Gasteiger partial charge in [0.1, 0.15) is 0 Å². The number of hydrogen-bond donors (Lipinski definition) is 2. The van der Waals surface area contributed by atoms with Crippen LogP contribution in [0.25, 0.3) is 0 Å². The highest BCUT2D eigenvalue weighted by Gasteiger charge is 2.14.